The largest absolute Gasteiger partial charge is 0.423 e. The Kier molecular flexibility index (Phi) is 6.25. The van der Waals surface area contributed by atoms with Crippen LogP contribution in [0.1, 0.15) is 34.0 Å². The van der Waals surface area contributed by atoms with Crippen LogP contribution in [-0.2, 0) is 22.6 Å². The average molecular weight is 501 g/mol. The molecule has 0 atom stereocenters. The quantitative estimate of drug-likeness (QED) is 0.282. The normalized spacial score (nSPS) is 12.0. The van der Waals surface area contributed by atoms with E-state index in [1.165, 1.54) is 43.3 Å². The molecular weight excluding hydrogens is 483 g/mol. The maximum atomic E-state index is 13.4. The van der Waals surface area contributed by atoms with E-state index in [1.54, 1.807) is 30.3 Å². The summed E-state index contributed by atoms with van der Waals surface area (Å²) in [6.07, 6.45) is -4.50. The van der Waals surface area contributed by atoms with E-state index in [9.17, 15) is 31.2 Å². The third-order valence-corrected chi connectivity index (χ3v) is 6.67. The number of alkyl halides is 3. The Hall–Kier alpha value is -3.92. The van der Waals surface area contributed by atoms with Crippen LogP contribution in [0.5, 0.6) is 0 Å². The molecule has 4 aromatic rings. The van der Waals surface area contributed by atoms with E-state index in [0.717, 1.165) is 0 Å². The molecule has 6 nitrogen and oxygen atoms in total. The average Bonchev–Trinajstić information content (AvgIpc) is 2.78. The molecule has 0 amide bonds. The second-order valence-corrected chi connectivity index (χ2v) is 9.55. The molecule has 0 aliphatic carbocycles. The van der Waals surface area contributed by atoms with Crippen LogP contribution in [0.4, 0.5) is 18.9 Å². The third-order valence-electron chi connectivity index (χ3n) is 5.28. The highest BCUT2D eigenvalue weighted by atomic mass is 32.2. The molecular formula is C25H18F3NO5S. The van der Waals surface area contributed by atoms with Gasteiger partial charge >= 0.3 is 11.8 Å². The van der Waals surface area contributed by atoms with Crippen molar-refractivity contribution in [3.63, 3.8) is 0 Å². The number of Topliss-reactive ketones (excluding diaryl/α,β-unsaturated/α-hetero) is 1. The Morgan fingerprint density at radius 1 is 0.943 bits per heavy atom. The first-order valence-corrected chi connectivity index (χ1v) is 11.8. The number of carbonyl (C=O) groups is 1. The van der Waals surface area contributed by atoms with Crippen LogP contribution >= 0.6 is 0 Å². The molecule has 0 fully saturated rings. The molecule has 1 aromatic heterocycles. The van der Waals surface area contributed by atoms with Gasteiger partial charge in [-0.1, -0.05) is 30.3 Å². The van der Waals surface area contributed by atoms with E-state index in [-0.39, 0.29) is 33.8 Å². The predicted octanol–water partition coefficient (Wildman–Crippen LogP) is 5.41. The minimum Gasteiger partial charge on any atom is -0.423 e. The van der Waals surface area contributed by atoms with Gasteiger partial charge in [0, 0.05) is 22.7 Å². The number of carbonyl (C=O) groups excluding carboxylic acids is 1. The number of benzene rings is 3. The summed E-state index contributed by atoms with van der Waals surface area (Å²) in [5.74, 6) is -0.200. The molecule has 0 radical (unpaired) electrons. The Balaban J connectivity index is 1.57. The van der Waals surface area contributed by atoms with E-state index in [4.69, 9.17) is 4.42 Å². The lowest BCUT2D eigenvalue weighted by Crippen LogP contribution is -2.13. The topological polar surface area (TPSA) is 93.4 Å². The van der Waals surface area contributed by atoms with E-state index < -0.39 is 27.4 Å². The molecule has 4 rings (SSSR count). The molecule has 1 N–H and O–H groups in total. The second kappa shape index (κ2) is 9.03. The predicted molar refractivity (Wildman–Crippen MR) is 124 cm³/mol. The zero-order valence-corrected chi connectivity index (χ0v) is 19.0. The maximum absolute atomic E-state index is 13.4. The number of ketones is 1. The van der Waals surface area contributed by atoms with Gasteiger partial charge in [0.2, 0.25) is 0 Å². The lowest BCUT2D eigenvalue weighted by molar-refractivity contribution is -0.136. The van der Waals surface area contributed by atoms with Gasteiger partial charge in [-0.2, -0.15) is 13.2 Å². The van der Waals surface area contributed by atoms with Gasteiger partial charge in [0.15, 0.2) is 5.78 Å². The minimum absolute atomic E-state index is 0.0193. The fraction of sp³-hybridized carbons (Fsp3) is 0.120. The molecule has 0 bridgehead atoms. The number of fused-ring (bicyclic) bond motifs is 1. The van der Waals surface area contributed by atoms with Crippen LogP contribution in [0.2, 0.25) is 0 Å². The van der Waals surface area contributed by atoms with Crippen LogP contribution in [0.3, 0.4) is 0 Å². The lowest BCUT2D eigenvalue weighted by Gasteiger charge is -2.11. The first-order valence-electron chi connectivity index (χ1n) is 10.3. The molecule has 0 saturated carbocycles. The van der Waals surface area contributed by atoms with Crippen molar-refractivity contribution in [2.45, 2.75) is 24.4 Å². The Bertz CT molecular complexity index is 1590. The summed E-state index contributed by atoms with van der Waals surface area (Å²) in [6.45, 7) is 1.38. The van der Waals surface area contributed by atoms with Crippen molar-refractivity contribution in [3.8, 4) is 0 Å². The SMILES string of the molecule is CC(=O)c1cccc(NS(=O)(=O)c2ccc(Cc3ccc4oc(=O)cc(C(F)(F)F)c4c3)cc2)c1. The summed E-state index contributed by atoms with van der Waals surface area (Å²) in [5, 5.41) is -0.231. The van der Waals surface area contributed by atoms with Gasteiger partial charge < -0.3 is 4.42 Å². The fourth-order valence-electron chi connectivity index (χ4n) is 3.59. The minimum atomic E-state index is -4.72. The summed E-state index contributed by atoms with van der Waals surface area (Å²) in [5.41, 5.74) is -0.550. The Labute approximate surface area is 198 Å². The van der Waals surface area contributed by atoms with Crippen LogP contribution in [0.25, 0.3) is 11.0 Å². The van der Waals surface area contributed by atoms with Gasteiger partial charge in [0.05, 0.1) is 10.5 Å². The van der Waals surface area contributed by atoms with Crippen molar-refractivity contribution in [2.75, 3.05) is 4.72 Å². The van der Waals surface area contributed by atoms with Crippen molar-refractivity contribution in [2.24, 2.45) is 0 Å². The number of hydrogen-bond acceptors (Lipinski definition) is 5. The first-order chi connectivity index (χ1) is 16.4. The summed E-state index contributed by atoms with van der Waals surface area (Å²) >= 11 is 0. The Morgan fingerprint density at radius 2 is 1.63 bits per heavy atom. The van der Waals surface area contributed by atoms with Crippen LogP contribution in [0.15, 0.2) is 86.9 Å². The summed E-state index contributed by atoms with van der Waals surface area (Å²) in [4.78, 5) is 23.0. The number of sulfonamides is 1. The van der Waals surface area contributed by atoms with Crippen molar-refractivity contribution < 1.29 is 30.8 Å². The smallest absolute Gasteiger partial charge is 0.417 e. The fourth-order valence-corrected chi connectivity index (χ4v) is 4.64. The third kappa shape index (κ3) is 5.43. The number of nitrogens with one attached hydrogen (secondary N) is 1. The zero-order valence-electron chi connectivity index (χ0n) is 18.2. The standard InChI is InChI=1S/C25H18F3NO5S/c1-15(30)18-3-2-4-19(13-18)29-35(32,33)20-8-5-16(6-9-20)11-17-7-10-23-21(12-17)22(25(26,27)28)14-24(31)34-23/h2-10,12-14,29H,11H2,1H3. The highest BCUT2D eigenvalue weighted by molar-refractivity contribution is 7.92. The second-order valence-electron chi connectivity index (χ2n) is 7.87. The monoisotopic (exact) mass is 501 g/mol. The van der Waals surface area contributed by atoms with Gasteiger partial charge in [0.1, 0.15) is 5.58 Å². The highest BCUT2D eigenvalue weighted by Crippen LogP contribution is 2.34. The van der Waals surface area contributed by atoms with Crippen LogP contribution < -0.4 is 10.3 Å². The molecule has 10 heteroatoms. The summed E-state index contributed by atoms with van der Waals surface area (Å²) < 4.78 is 72.8. The van der Waals surface area contributed by atoms with Gasteiger partial charge in [0.25, 0.3) is 10.0 Å². The van der Waals surface area contributed by atoms with Gasteiger partial charge in [-0.15, -0.1) is 0 Å². The molecule has 1 heterocycles. The first kappa shape index (κ1) is 24.2. The van der Waals surface area contributed by atoms with Crippen molar-refractivity contribution in [1.82, 2.24) is 0 Å². The van der Waals surface area contributed by atoms with E-state index in [1.807, 2.05) is 0 Å². The van der Waals surface area contributed by atoms with E-state index in [2.05, 4.69) is 4.72 Å². The lowest BCUT2D eigenvalue weighted by atomic mass is 10.0. The molecule has 3 aromatic carbocycles. The van der Waals surface area contributed by atoms with E-state index in [0.29, 0.717) is 22.8 Å². The number of halogens is 3. The van der Waals surface area contributed by atoms with Crippen LogP contribution in [-0.4, -0.2) is 14.2 Å². The molecule has 0 unspecified atom stereocenters. The van der Waals surface area contributed by atoms with Crippen molar-refractivity contribution in [1.29, 1.82) is 0 Å². The molecule has 0 spiro atoms. The van der Waals surface area contributed by atoms with Gasteiger partial charge in [-0.3, -0.25) is 9.52 Å². The molecule has 180 valence electrons. The molecule has 0 saturated heterocycles. The molecule has 0 aliphatic rings. The molecule has 0 aliphatic heterocycles. The van der Waals surface area contributed by atoms with Crippen LogP contribution in [0, 0.1) is 0 Å². The van der Waals surface area contributed by atoms with Crippen molar-refractivity contribution >= 4 is 32.5 Å². The summed E-state index contributed by atoms with van der Waals surface area (Å²) in [7, 11) is -3.93. The number of hydrogen-bond donors (Lipinski definition) is 1. The maximum Gasteiger partial charge on any atom is 0.417 e. The van der Waals surface area contributed by atoms with E-state index >= 15 is 0 Å². The zero-order chi connectivity index (χ0) is 25.4. The van der Waals surface area contributed by atoms with Crippen molar-refractivity contribution in [3.05, 3.63) is 105 Å². The Morgan fingerprint density at radius 3 is 2.29 bits per heavy atom. The van der Waals surface area contributed by atoms with Gasteiger partial charge in [-0.05, 0) is 60.9 Å². The summed E-state index contributed by atoms with van der Waals surface area (Å²) in [6, 6.07) is 16.5. The molecule has 35 heavy (non-hydrogen) atoms. The number of rotatable bonds is 6. The number of anilines is 1. The highest BCUT2D eigenvalue weighted by Gasteiger charge is 2.33. The van der Waals surface area contributed by atoms with Gasteiger partial charge in [-0.25, -0.2) is 13.2 Å².